The van der Waals surface area contributed by atoms with Gasteiger partial charge in [-0.15, -0.1) is 0 Å². The van der Waals surface area contributed by atoms with Gasteiger partial charge in [-0.2, -0.15) is 0 Å². The van der Waals surface area contributed by atoms with Crippen LogP contribution in [0.5, 0.6) is 0 Å². The van der Waals surface area contributed by atoms with Gasteiger partial charge >= 0.3 is 0 Å². The van der Waals surface area contributed by atoms with Crippen molar-refractivity contribution in [3.63, 3.8) is 0 Å². The first-order valence-corrected chi connectivity index (χ1v) is 11.9. The van der Waals surface area contributed by atoms with Crippen molar-refractivity contribution < 1.29 is 16.8 Å². The van der Waals surface area contributed by atoms with Crippen molar-refractivity contribution in [2.45, 2.75) is 47.9 Å². The highest BCUT2D eigenvalue weighted by molar-refractivity contribution is 7.89. The lowest BCUT2D eigenvalue weighted by atomic mass is 9.98. The van der Waals surface area contributed by atoms with E-state index >= 15 is 0 Å². The molecular weight excluding hydrogens is 402 g/mol. The van der Waals surface area contributed by atoms with Crippen molar-refractivity contribution in [3.05, 3.63) is 41.7 Å². The van der Waals surface area contributed by atoms with Gasteiger partial charge < -0.3 is 5.32 Å². The van der Waals surface area contributed by atoms with Crippen LogP contribution in [-0.4, -0.2) is 33.9 Å². The zero-order valence-electron chi connectivity index (χ0n) is 15.4. The van der Waals surface area contributed by atoms with E-state index in [0.717, 1.165) is 25.7 Å². The minimum absolute atomic E-state index is 0.0109. The Morgan fingerprint density at radius 3 is 2.50 bits per heavy atom. The monoisotopic (exact) mass is 425 g/mol. The third-order valence-corrected chi connectivity index (χ3v) is 7.16. The largest absolute Gasteiger partial charge is 0.357 e. The number of nitrogens with one attached hydrogen (secondary N) is 2. The standard InChI is InChI=1S/C17H23N5O4S2/c1-19-17-20-9-8-13(22-17)11-21-28(25,26)16-7-6-14(27(18,23)24)10-15(16)12-4-2-3-5-12/h6-10,12,21H,2-5,11H2,1H3,(H2,18,23,24)(H,19,20,22). The lowest BCUT2D eigenvalue weighted by molar-refractivity contribution is 0.575. The van der Waals surface area contributed by atoms with Crippen LogP contribution in [0, 0.1) is 0 Å². The van der Waals surface area contributed by atoms with Crippen LogP contribution in [0.2, 0.25) is 0 Å². The fourth-order valence-electron chi connectivity index (χ4n) is 3.37. The van der Waals surface area contributed by atoms with Crippen LogP contribution >= 0.6 is 0 Å². The van der Waals surface area contributed by atoms with E-state index in [1.807, 2.05) is 0 Å². The molecule has 9 nitrogen and oxygen atoms in total. The minimum atomic E-state index is -3.92. The second-order valence-electron chi connectivity index (χ2n) is 6.67. The molecule has 0 spiro atoms. The van der Waals surface area contributed by atoms with Gasteiger partial charge in [-0.05, 0) is 48.6 Å². The lowest BCUT2D eigenvalue weighted by Crippen LogP contribution is -2.26. The molecule has 4 N–H and O–H groups in total. The lowest BCUT2D eigenvalue weighted by Gasteiger charge is -2.17. The molecule has 0 amide bonds. The molecule has 11 heteroatoms. The Balaban J connectivity index is 1.93. The molecule has 0 radical (unpaired) electrons. The highest BCUT2D eigenvalue weighted by Gasteiger charge is 2.27. The normalized spacial score (nSPS) is 15.6. The maximum absolute atomic E-state index is 12.9. The number of benzene rings is 1. The van der Waals surface area contributed by atoms with Crippen molar-refractivity contribution in [1.29, 1.82) is 0 Å². The molecule has 1 aliphatic rings. The molecule has 0 aliphatic heterocycles. The van der Waals surface area contributed by atoms with E-state index in [1.54, 1.807) is 13.1 Å². The van der Waals surface area contributed by atoms with E-state index in [1.165, 1.54) is 24.4 Å². The first-order chi connectivity index (χ1) is 13.2. The molecule has 1 heterocycles. The average molecular weight is 426 g/mol. The van der Waals surface area contributed by atoms with Gasteiger partial charge in [0.25, 0.3) is 0 Å². The number of aromatic nitrogens is 2. The molecule has 1 aliphatic carbocycles. The van der Waals surface area contributed by atoms with Gasteiger partial charge in [0.05, 0.1) is 22.0 Å². The number of hydrogen-bond donors (Lipinski definition) is 3. The van der Waals surface area contributed by atoms with Gasteiger partial charge in [0.15, 0.2) is 0 Å². The van der Waals surface area contributed by atoms with Gasteiger partial charge in [-0.3, -0.25) is 0 Å². The Morgan fingerprint density at radius 2 is 1.86 bits per heavy atom. The zero-order chi connectivity index (χ0) is 20.4. The third-order valence-electron chi connectivity index (χ3n) is 4.77. The second kappa shape index (κ2) is 8.11. The van der Waals surface area contributed by atoms with Crippen LogP contribution in [0.1, 0.15) is 42.9 Å². The Kier molecular flexibility index (Phi) is 5.98. The van der Waals surface area contributed by atoms with Crippen LogP contribution in [-0.2, 0) is 26.6 Å². The molecule has 2 aromatic rings. The van der Waals surface area contributed by atoms with Crippen LogP contribution in [0.4, 0.5) is 5.95 Å². The molecule has 28 heavy (non-hydrogen) atoms. The van der Waals surface area contributed by atoms with E-state index in [9.17, 15) is 16.8 Å². The molecule has 0 bridgehead atoms. The topological polar surface area (TPSA) is 144 Å². The highest BCUT2D eigenvalue weighted by atomic mass is 32.2. The Hall–Kier alpha value is -2.08. The summed E-state index contributed by atoms with van der Waals surface area (Å²) in [4.78, 5) is 8.18. The van der Waals surface area contributed by atoms with Gasteiger partial charge in [0, 0.05) is 13.2 Å². The molecular formula is C17H23N5O4S2. The quantitative estimate of drug-likeness (QED) is 0.606. The second-order valence-corrected chi connectivity index (χ2v) is 9.97. The van der Waals surface area contributed by atoms with Crippen molar-refractivity contribution >= 4 is 26.0 Å². The van der Waals surface area contributed by atoms with E-state index in [-0.39, 0.29) is 22.3 Å². The van der Waals surface area contributed by atoms with Gasteiger partial charge in [0.2, 0.25) is 26.0 Å². The summed E-state index contributed by atoms with van der Waals surface area (Å²) >= 11 is 0. The summed E-state index contributed by atoms with van der Waals surface area (Å²) in [5, 5.41) is 8.03. The van der Waals surface area contributed by atoms with E-state index in [4.69, 9.17) is 5.14 Å². The highest BCUT2D eigenvalue weighted by Crippen LogP contribution is 2.38. The summed E-state index contributed by atoms with van der Waals surface area (Å²) in [6.45, 7) is -0.0133. The summed E-state index contributed by atoms with van der Waals surface area (Å²) in [7, 11) is -6.12. The van der Waals surface area contributed by atoms with Crippen molar-refractivity contribution in [3.8, 4) is 0 Å². The first kappa shape index (κ1) is 20.6. The maximum Gasteiger partial charge on any atom is 0.241 e. The number of nitrogens with two attached hydrogens (primary N) is 1. The van der Waals surface area contributed by atoms with Crippen LogP contribution in [0.3, 0.4) is 0 Å². The number of hydrogen-bond acceptors (Lipinski definition) is 7. The Labute approximate surface area is 164 Å². The minimum Gasteiger partial charge on any atom is -0.357 e. The van der Waals surface area contributed by atoms with E-state index < -0.39 is 20.0 Å². The number of primary sulfonamides is 1. The van der Waals surface area contributed by atoms with Crippen molar-refractivity contribution in [2.75, 3.05) is 12.4 Å². The van der Waals surface area contributed by atoms with Gasteiger partial charge in [0.1, 0.15) is 0 Å². The number of rotatable bonds is 7. The molecule has 1 saturated carbocycles. The summed E-state index contributed by atoms with van der Waals surface area (Å²) in [5.74, 6) is 0.379. The molecule has 1 fully saturated rings. The van der Waals surface area contributed by atoms with Gasteiger partial charge in [-0.1, -0.05) is 12.8 Å². The molecule has 1 aromatic heterocycles. The predicted octanol–water partition coefficient (Wildman–Crippen LogP) is 1.30. The Morgan fingerprint density at radius 1 is 1.14 bits per heavy atom. The number of anilines is 1. The van der Waals surface area contributed by atoms with E-state index in [2.05, 4.69) is 20.0 Å². The zero-order valence-corrected chi connectivity index (χ0v) is 17.1. The van der Waals surface area contributed by atoms with Crippen molar-refractivity contribution in [1.82, 2.24) is 14.7 Å². The number of nitrogens with zero attached hydrogens (tertiary/aromatic N) is 2. The van der Waals surface area contributed by atoms with E-state index in [0.29, 0.717) is 17.2 Å². The molecule has 152 valence electrons. The molecule has 0 atom stereocenters. The number of sulfonamides is 2. The van der Waals surface area contributed by atoms with Crippen molar-refractivity contribution in [2.24, 2.45) is 5.14 Å². The summed E-state index contributed by atoms with van der Waals surface area (Å²) in [6, 6.07) is 5.55. The molecule has 3 rings (SSSR count). The molecule has 1 aromatic carbocycles. The third kappa shape index (κ3) is 4.66. The first-order valence-electron chi connectivity index (χ1n) is 8.87. The summed E-state index contributed by atoms with van der Waals surface area (Å²) < 4.78 is 51.9. The van der Waals surface area contributed by atoms with Crippen LogP contribution in [0.15, 0.2) is 40.3 Å². The van der Waals surface area contributed by atoms with Gasteiger partial charge in [-0.25, -0.2) is 36.7 Å². The average Bonchev–Trinajstić information content (AvgIpc) is 3.20. The maximum atomic E-state index is 12.9. The predicted molar refractivity (Wildman–Crippen MR) is 105 cm³/mol. The summed E-state index contributed by atoms with van der Waals surface area (Å²) in [5.41, 5.74) is 1.00. The smallest absolute Gasteiger partial charge is 0.241 e. The Bertz CT molecular complexity index is 1060. The SMILES string of the molecule is CNc1nccc(CNS(=O)(=O)c2ccc(S(N)(=O)=O)cc2C2CCCC2)n1. The van der Waals surface area contributed by atoms with Crippen LogP contribution < -0.4 is 15.2 Å². The molecule has 0 saturated heterocycles. The summed E-state index contributed by atoms with van der Waals surface area (Å²) in [6.07, 6.45) is 5.12. The fraction of sp³-hybridized carbons (Fsp3) is 0.412. The van der Waals surface area contributed by atoms with Crippen LogP contribution in [0.25, 0.3) is 0 Å². The fourth-order valence-corrected chi connectivity index (χ4v) is 5.19. The molecule has 0 unspecified atom stereocenters.